The van der Waals surface area contributed by atoms with Gasteiger partial charge in [-0.3, -0.25) is 9.59 Å². The van der Waals surface area contributed by atoms with Crippen LogP contribution in [-0.4, -0.2) is 16.8 Å². The first-order valence-electron chi connectivity index (χ1n) is 8.43. The summed E-state index contributed by atoms with van der Waals surface area (Å²) >= 11 is 0.607. The lowest BCUT2D eigenvalue weighted by Crippen LogP contribution is -2.24. The summed E-state index contributed by atoms with van der Waals surface area (Å²) < 4.78 is 4.50. The van der Waals surface area contributed by atoms with Crippen LogP contribution in [0.25, 0.3) is 0 Å². The molecule has 8 nitrogen and oxygen atoms in total. The van der Waals surface area contributed by atoms with Crippen LogP contribution in [0.3, 0.4) is 0 Å². The molecule has 29 heavy (non-hydrogen) atoms. The summed E-state index contributed by atoms with van der Waals surface area (Å²) in [5.41, 5.74) is 14.3. The zero-order valence-electron chi connectivity index (χ0n) is 14.8. The van der Waals surface area contributed by atoms with Crippen molar-refractivity contribution >= 4 is 46.4 Å². The van der Waals surface area contributed by atoms with Crippen LogP contribution in [0.15, 0.2) is 59.5 Å². The van der Waals surface area contributed by atoms with E-state index in [9.17, 15) is 9.59 Å². The number of nitrogens with two attached hydrogens (primary N) is 2. The lowest BCUT2D eigenvalue weighted by molar-refractivity contribution is -0.432. The second-order valence-electron chi connectivity index (χ2n) is 6.27. The molecule has 0 saturated heterocycles. The molecule has 146 valence electrons. The molecule has 1 aliphatic carbocycles. The van der Waals surface area contributed by atoms with Gasteiger partial charge in [0.05, 0.1) is 39.4 Å². The number of rotatable bonds is 5. The van der Waals surface area contributed by atoms with E-state index < -0.39 is 0 Å². The molecule has 0 unspecified atom stereocenters. The fourth-order valence-electron chi connectivity index (χ4n) is 3.29. The molecule has 0 amide bonds. The van der Waals surface area contributed by atoms with Crippen molar-refractivity contribution in [2.75, 3.05) is 16.8 Å². The van der Waals surface area contributed by atoms with Crippen LogP contribution in [0.1, 0.15) is 31.8 Å². The summed E-state index contributed by atoms with van der Waals surface area (Å²) in [6.07, 6.45) is 0. The van der Waals surface area contributed by atoms with E-state index in [2.05, 4.69) is 14.7 Å². The van der Waals surface area contributed by atoms with Gasteiger partial charge >= 0.3 is 0 Å². The Hall–Kier alpha value is -3.37. The summed E-state index contributed by atoms with van der Waals surface area (Å²) in [5, 5.41) is 15.2. The Morgan fingerprint density at radius 1 is 0.897 bits per heavy atom. The van der Waals surface area contributed by atoms with Crippen molar-refractivity contribution < 1.29 is 24.2 Å². The van der Waals surface area contributed by atoms with Gasteiger partial charge in [-0.2, -0.15) is 0 Å². The fraction of sp³-hybridized carbons (Fsp3) is 0. The number of carbonyl (C=O) groups excluding carboxylic acids is 2. The molecule has 0 heterocycles. The van der Waals surface area contributed by atoms with E-state index in [4.69, 9.17) is 16.7 Å². The van der Waals surface area contributed by atoms with Crippen LogP contribution >= 0.6 is 12.0 Å². The lowest BCUT2D eigenvalue weighted by atomic mass is 9.82. The molecule has 0 aromatic heterocycles. The third kappa shape index (κ3) is 3.32. The minimum atomic E-state index is -0.379. The maximum atomic E-state index is 13.2. The van der Waals surface area contributed by atoms with E-state index in [0.29, 0.717) is 34.7 Å². The zero-order chi connectivity index (χ0) is 20.5. The van der Waals surface area contributed by atoms with Crippen molar-refractivity contribution in [2.24, 2.45) is 0 Å². The van der Waals surface area contributed by atoms with Crippen LogP contribution in [0.5, 0.6) is 0 Å². The highest BCUT2D eigenvalue weighted by molar-refractivity contribution is 7.94. The van der Waals surface area contributed by atoms with Gasteiger partial charge < -0.3 is 16.8 Å². The van der Waals surface area contributed by atoms with Gasteiger partial charge in [-0.25, -0.2) is 5.26 Å². The average Bonchev–Trinajstić information content (AvgIpc) is 2.72. The summed E-state index contributed by atoms with van der Waals surface area (Å²) in [6, 6.07) is 15.0. The molecule has 0 fully saturated rings. The highest BCUT2D eigenvalue weighted by Gasteiger charge is 2.35. The third-order valence-corrected chi connectivity index (χ3v) is 5.17. The maximum Gasteiger partial charge on any atom is 0.196 e. The SMILES string of the molecule is Nc1cccc(Nc2cc(SOOO)c(N)c3c2C(=O)c2ccccc2C3=O)c1. The second kappa shape index (κ2) is 7.57. The van der Waals surface area contributed by atoms with E-state index in [1.807, 2.05) is 0 Å². The van der Waals surface area contributed by atoms with Crippen LogP contribution in [-0.2, 0) is 9.37 Å². The molecule has 4 rings (SSSR count). The predicted molar refractivity (Wildman–Crippen MR) is 109 cm³/mol. The summed E-state index contributed by atoms with van der Waals surface area (Å²) in [7, 11) is 0. The number of benzene rings is 3. The highest BCUT2D eigenvalue weighted by Crippen LogP contribution is 2.42. The minimum Gasteiger partial charge on any atom is -0.399 e. The molecular formula is C20H15N3O5S. The molecule has 1 aliphatic rings. The molecular weight excluding hydrogens is 394 g/mol. The van der Waals surface area contributed by atoms with Gasteiger partial charge in [0.25, 0.3) is 0 Å². The van der Waals surface area contributed by atoms with Gasteiger partial charge in [0, 0.05) is 22.5 Å². The molecule has 9 heteroatoms. The Balaban J connectivity index is 1.93. The predicted octanol–water partition coefficient (Wildman–Crippen LogP) is 3.80. The summed E-state index contributed by atoms with van der Waals surface area (Å²) in [5.74, 6) is -0.708. The van der Waals surface area contributed by atoms with Gasteiger partial charge in [-0.15, -0.1) is 4.33 Å². The number of fused-ring (bicyclic) bond motifs is 2. The molecule has 0 aliphatic heterocycles. The number of ketones is 2. The van der Waals surface area contributed by atoms with Gasteiger partial charge in [-0.05, 0) is 24.3 Å². The van der Waals surface area contributed by atoms with E-state index >= 15 is 0 Å². The minimum absolute atomic E-state index is 0.0491. The van der Waals surface area contributed by atoms with Crippen molar-refractivity contribution in [2.45, 2.75) is 4.90 Å². The molecule has 3 aromatic carbocycles. The molecule has 6 N–H and O–H groups in total. The quantitative estimate of drug-likeness (QED) is 0.168. The van der Waals surface area contributed by atoms with Crippen molar-refractivity contribution in [3.63, 3.8) is 0 Å². The van der Waals surface area contributed by atoms with Crippen molar-refractivity contribution in [3.8, 4) is 0 Å². The summed E-state index contributed by atoms with van der Waals surface area (Å²) in [6.45, 7) is 0. The van der Waals surface area contributed by atoms with E-state index in [1.165, 1.54) is 0 Å². The van der Waals surface area contributed by atoms with Crippen LogP contribution < -0.4 is 16.8 Å². The monoisotopic (exact) mass is 409 g/mol. The van der Waals surface area contributed by atoms with Gasteiger partial charge in [0.2, 0.25) is 0 Å². The Morgan fingerprint density at radius 3 is 2.24 bits per heavy atom. The molecule has 0 saturated carbocycles. The van der Waals surface area contributed by atoms with Crippen molar-refractivity contribution in [1.82, 2.24) is 0 Å². The maximum absolute atomic E-state index is 13.2. The van der Waals surface area contributed by atoms with E-state index in [0.717, 1.165) is 0 Å². The zero-order valence-corrected chi connectivity index (χ0v) is 15.7. The Labute approximate surface area is 169 Å². The number of nitrogen functional groups attached to an aromatic ring is 2. The van der Waals surface area contributed by atoms with Crippen LogP contribution in [0.4, 0.5) is 22.7 Å². The second-order valence-corrected chi connectivity index (χ2v) is 7.01. The Bertz CT molecular complexity index is 1150. The fourth-order valence-corrected chi connectivity index (χ4v) is 3.75. The number of hydrogen-bond donors (Lipinski definition) is 4. The first-order valence-corrected chi connectivity index (χ1v) is 9.17. The molecule has 0 atom stereocenters. The number of hydrogen-bond acceptors (Lipinski definition) is 9. The topological polar surface area (TPSA) is 137 Å². The number of nitrogens with one attached hydrogen (secondary N) is 1. The van der Waals surface area contributed by atoms with Gasteiger partial charge in [0.15, 0.2) is 11.6 Å². The van der Waals surface area contributed by atoms with Crippen molar-refractivity contribution in [3.05, 3.63) is 76.9 Å². The Morgan fingerprint density at radius 2 is 1.59 bits per heavy atom. The smallest absolute Gasteiger partial charge is 0.196 e. The first-order chi connectivity index (χ1) is 14.0. The largest absolute Gasteiger partial charge is 0.399 e. The normalized spacial score (nSPS) is 12.4. The van der Waals surface area contributed by atoms with E-state index in [-0.39, 0.29) is 38.8 Å². The van der Waals surface area contributed by atoms with Crippen LogP contribution in [0, 0.1) is 0 Å². The molecule has 0 radical (unpaired) electrons. The van der Waals surface area contributed by atoms with Crippen molar-refractivity contribution in [1.29, 1.82) is 0 Å². The standard InChI is InChI=1S/C20H15N3O5S/c21-10-4-3-5-11(8-10)23-14-9-15(29-28-27-26)18(22)17-16(14)19(24)12-6-1-2-7-13(12)20(17)25/h1-9,23,26H,21-22H2. The Kier molecular flexibility index (Phi) is 4.95. The van der Waals surface area contributed by atoms with Gasteiger partial charge in [-0.1, -0.05) is 35.4 Å². The summed E-state index contributed by atoms with van der Waals surface area (Å²) in [4.78, 5) is 26.7. The number of carbonyl (C=O) groups is 2. The molecule has 0 spiro atoms. The lowest BCUT2D eigenvalue weighted by Gasteiger charge is -2.23. The molecule has 0 bridgehead atoms. The molecule has 3 aromatic rings. The van der Waals surface area contributed by atoms with Gasteiger partial charge in [0.1, 0.15) is 0 Å². The average molecular weight is 409 g/mol. The highest BCUT2D eigenvalue weighted by atomic mass is 32.2. The third-order valence-electron chi connectivity index (χ3n) is 4.52. The number of anilines is 4. The first kappa shape index (κ1) is 19.0. The van der Waals surface area contributed by atoms with E-state index in [1.54, 1.807) is 54.6 Å². The van der Waals surface area contributed by atoms with Crippen LogP contribution in [0.2, 0.25) is 0 Å².